The van der Waals surface area contributed by atoms with E-state index < -0.39 is 9.84 Å². The third-order valence-corrected chi connectivity index (χ3v) is 5.70. The van der Waals surface area contributed by atoms with Crippen molar-refractivity contribution in [2.24, 2.45) is 0 Å². The van der Waals surface area contributed by atoms with E-state index in [1.54, 1.807) is 17.5 Å². The molecule has 1 atom stereocenters. The summed E-state index contributed by atoms with van der Waals surface area (Å²) < 4.78 is 24.5. The van der Waals surface area contributed by atoms with Crippen LogP contribution in [0.4, 0.5) is 0 Å². The normalized spacial score (nSPS) is 13.9. The molecular weight excluding hydrogens is 242 g/mol. The molecule has 92 valence electrons. The summed E-state index contributed by atoms with van der Waals surface area (Å²) in [5.41, 5.74) is 0. The molecule has 0 bridgehead atoms. The molecule has 1 heterocycles. The molecule has 0 amide bonds. The molecule has 0 spiro atoms. The van der Waals surface area contributed by atoms with E-state index in [2.05, 4.69) is 12.2 Å². The Morgan fingerprint density at radius 3 is 2.69 bits per heavy atom. The zero-order chi connectivity index (χ0) is 12.0. The van der Waals surface area contributed by atoms with Crippen molar-refractivity contribution in [2.75, 3.05) is 12.3 Å². The Morgan fingerprint density at radius 1 is 1.44 bits per heavy atom. The van der Waals surface area contributed by atoms with Crippen LogP contribution < -0.4 is 5.32 Å². The largest absolute Gasteiger partial charge is 0.313 e. The van der Waals surface area contributed by atoms with Gasteiger partial charge in [0.05, 0.1) is 5.75 Å². The van der Waals surface area contributed by atoms with Crippen molar-refractivity contribution in [3.05, 3.63) is 17.5 Å². The summed E-state index contributed by atoms with van der Waals surface area (Å²) in [6.45, 7) is 4.96. The minimum Gasteiger partial charge on any atom is -0.313 e. The first-order valence-electron chi connectivity index (χ1n) is 5.59. The van der Waals surface area contributed by atoms with Gasteiger partial charge in [0.2, 0.25) is 0 Å². The lowest BCUT2D eigenvalue weighted by Crippen LogP contribution is -2.35. The Bertz CT molecular complexity index is 384. The van der Waals surface area contributed by atoms with Crippen LogP contribution in [0.5, 0.6) is 0 Å². The van der Waals surface area contributed by atoms with Gasteiger partial charge in [-0.2, -0.15) is 0 Å². The van der Waals surface area contributed by atoms with Crippen LogP contribution in [0.2, 0.25) is 0 Å². The number of sulfone groups is 1. The van der Waals surface area contributed by atoms with Crippen LogP contribution in [0, 0.1) is 0 Å². The van der Waals surface area contributed by atoms with Crippen LogP contribution in [0.3, 0.4) is 0 Å². The molecule has 0 aliphatic rings. The van der Waals surface area contributed by atoms with Crippen LogP contribution in [-0.2, 0) is 9.84 Å². The van der Waals surface area contributed by atoms with Crippen molar-refractivity contribution >= 4 is 21.2 Å². The average Bonchev–Trinajstić information content (AvgIpc) is 2.78. The quantitative estimate of drug-likeness (QED) is 0.819. The molecule has 1 rings (SSSR count). The number of thiophene rings is 1. The fourth-order valence-electron chi connectivity index (χ4n) is 1.46. The van der Waals surface area contributed by atoms with Gasteiger partial charge >= 0.3 is 0 Å². The molecule has 5 heteroatoms. The van der Waals surface area contributed by atoms with Gasteiger partial charge in [0.15, 0.2) is 9.84 Å². The average molecular weight is 261 g/mol. The highest BCUT2D eigenvalue weighted by Gasteiger charge is 2.20. The lowest BCUT2D eigenvalue weighted by molar-refractivity contribution is 0.520. The van der Waals surface area contributed by atoms with Gasteiger partial charge in [-0.1, -0.05) is 19.9 Å². The van der Waals surface area contributed by atoms with E-state index >= 15 is 0 Å². The third kappa shape index (κ3) is 3.88. The first-order chi connectivity index (χ1) is 7.60. The monoisotopic (exact) mass is 261 g/mol. The van der Waals surface area contributed by atoms with Gasteiger partial charge in [0, 0.05) is 6.04 Å². The smallest absolute Gasteiger partial charge is 0.189 e. The van der Waals surface area contributed by atoms with Crippen molar-refractivity contribution < 1.29 is 8.42 Å². The molecule has 0 saturated heterocycles. The molecule has 0 aliphatic heterocycles. The molecule has 0 saturated carbocycles. The Kier molecular flexibility index (Phi) is 5.44. The van der Waals surface area contributed by atoms with Crippen molar-refractivity contribution in [1.29, 1.82) is 0 Å². The van der Waals surface area contributed by atoms with Gasteiger partial charge in [0.1, 0.15) is 4.21 Å². The lowest BCUT2D eigenvalue weighted by Gasteiger charge is -2.15. The fraction of sp³-hybridized carbons (Fsp3) is 0.636. The third-order valence-electron chi connectivity index (χ3n) is 2.40. The summed E-state index contributed by atoms with van der Waals surface area (Å²) in [7, 11) is -3.10. The van der Waals surface area contributed by atoms with Crippen LogP contribution in [0.1, 0.15) is 26.7 Å². The standard InChI is InChI=1S/C11H19NO2S2/c1-3-7-12-10(4-2)9-16(13,14)11-6-5-8-15-11/h5-6,8,10,12H,3-4,7,9H2,1-2H3. The van der Waals surface area contributed by atoms with Crippen molar-refractivity contribution in [2.45, 2.75) is 36.9 Å². The van der Waals surface area contributed by atoms with Gasteiger partial charge in [-0.25, -0.2) is 8.42 Å². The number of nitrogens with one attached hydrogen (secondary N) is 1. The second-order valence-electron chi connectivity index (χ2n) is 3.77. The van der Waals surface area contributed by atoms with Crippen molar-refractivity contribution in [1.82, 2.24) is 5.32 Å². The SMILES string of the molecule is CCCNC(CC)CS(=O)(=O)c1cccs1. The van der Waals surface area contributed by atoms with E-state index in [0.29, 0.717) is 4.21 Å². The number of hydrogen-bond donors (Lipinski definition) is 1. The van der Waals surface area contributed by atoms with Crippen LogP contribution in [0.25, 0.3) is 0 Å². The zero-order valence-corrected chi connectivity index (χ0v) is 11.4. The molecule has 0 aromatic carbocycles. The van der Waals surface area contributed by atoms with Crippen LogP contribution >= 0.6 is 11.3 Å². The van der Waals surface area contributed by atoms with Gasteiger partial charge in [0.25, 0.3) is 0 Å². The summed E-state index contributed by atoms with van der Waals surface area (Å²) in [4.78, 5) is 0. The second-order valence-corrected chi connectivity index (χ2v) is 6.98. The van der Waals surface area contributed by atoms with E-state index in [4.69, 9.17) is 0 Å². The Labute approximate surface area is 102 Å². The molecule has 3 nitrogen and oxygen atoms in total. The second kappa shape index (κ2) is 6.37. The van der Waals surface area contributed by atoms with Gasteiger partial charge in [-0.05, 0) is 30.8 Å². The first-order valence-corrected chi connectivity index (χ1v) is 8.13. The molecular formula is C11H19NO2S2. The highest BCUT2D eigenvalue weighted by Crippen LogP contribution is 2.18. The molecule has 0 fully saturated rings. The molecule has 16 heavy (non-hydrogen) atoms. The summed E-state index contributed by atoms with van der Waals surface area (Å²) in [6.07, 6.45) is 1.86. The van der Waals surface area contributed by atoms with E-state index in [0.717, 1.165) is 19.4 Å². The maximum atomic E-state index is 12.0. The van der Waals surface area contributed by atoms with Gasteiger partial charge in [-0.15, -0.1) is 11.3 Å². The van der Waals surface area contributed by atoms with Gasteiger partial charge < -0.3 is 5.32 Å². The van der Waals surface area contributed by atoms with E-state index in [-0.39, 0.29) is 11.8 Å². The molecule has 1 N–H and O–H groups in total. The summed E-state index contributed by atoms with van der Waals surface area (Å²) >= 11 is 1.29. The zero-order valence-electron chi connectivity index (χ0n) is 9.77. The molecule has 1 aromatic rings. The maximum absolute atomic E-state index is 12.0. The first kappa shape index (κ1) is 13.7. The molecule has 0 radical (unpaired) electrons. The minimum absolute atomic E-state index is 0.0621. The summed E-state index contributed by atoms with van der Waals surface area (Å²) in [5.74, 6) is 0.198. The minimum atomic E-state index is -3.10. The van der Waals surface area contributed by atoms with E-state index in [9.17, 15) is 8.42 Å². The predicted molar refractivity (Wildman–Crippen MR) is 68.7 cm³/mol. The Hall–Kier alpha value is -0.390. The Morgan fingerprint density at radius 2 is 2.19 bits per heavy atom. The van der Waals surface area contributed by atoms with Crippen LogP contribution in [-0.4, -0.2) is 26.8 Å². The lowest BCUT2D eigenvalue weighted by atomic mass is 10.2. The van der Waals surface area contributed by atoms with Crippen LogP contribution in [0.15, 0.2) is 21.7 Å². The highest BCUT2D eigenvalue weighted by molar-refractivity contribution is 7.93. The molecule has 1 aromatic heterocycles. The van der Waals surface area contributed by atoms with Crippen molar-refractivity contribution in [3.8, 4) is 0 Å². The fourth-order valence-corrected chi connectivity index (χ4v) is 4.20. The summed E-state index contributed by atoms with van der Waals surface area (Å²) in [6, 6.07) is 3.51. The number of rotatable bonds is 7. The number of hydrogen-bond acceptors (Lipinski definition) is 4. The summed E-state index contributed by atoms with van der Waals surface area (Å²) in [5, 5.41) is 5.06. The maximum Gasteiger partial charge on any atom is 0.189 e. The van der Waals surface area contributed by atoms with Gasteiger partial charge in [-0.3, -0.25) is 0 Å². The van der Waals surface area contributed by atoms with E-state index in [1.165, 1.54) is 11.3 Å². The molecule has 0 aliphatic carbocycles. The highest BCUT2D eigenvalue weighted by atomic mass is 32.2. The Balaban J connectivity index is 2.64. The van der Waals surface area contributed by atoms with E-state index in [1.807, 2.05) is 6.92 Å². The predicted octanol–water partition coefficient (Wildman–Crippen LogP) is 2.30. The molecule has 1 unspecified atom stereocenters. The van der Waals surface area contributed by atoms with Crippen molar-refractivity contribution in [3.63, 3.8) is 0 Å². The topological polar surface area (TPSA) is 46.2 Å².